The molecule has 5 nitrogen and oxygen atoms in total. The standard InChI is InChI=1S/C21H26BrN3O2/c1-13-8-7-9-14(2)20(13)25-19(26)12-23-21(27)16(4)24-15(3)17-10-5-6-11-18(17)22/h5-11,15-16,24H,12H2,1-4H3,(H,23,27)(H,25,26)/t15-,16-/m0/s1. The van der Waals surface area contributed by atoms with E-state index in [4.69, 9.17) is 0 Å². The fraction of sp³-hybridized carbons (Fsp3) is 0.333. The van der Waals surface area contributed by atoms with Crippen LogP contribution in [0.1, 0.15) is 36.6 Å². The average Bonchev–Trinajstić information content (AvgIpc) is 2.63. The van der Waals surface area contributed by atoms with Gasteiger partial charge in [-0.3, -0.25) is 14.9 Å². The van der Waals surface area contributed by atoms with Gasteiger partial charge in [0.1, 0.15) is 0 Å². The Bertz CT molecular complexity index is 803. The molecular weight excluding hydrogens is 406 g/mol. The van der Waals surface area contributed by atoms with Gasteiger partial charge in [0.05, 0.1) is 12.6 Å². The number of hydrogen-bond acceptors (Lipinski definition) is 3. The molecule has 0 heterocycles. The summed E-state index contributed by atoms with van der Waals surface area (Å²) in [4.78, 5) is 24.5. The zero-order chi connectivity index (χ0) is 20.0. The van der Waals surface area contributed by atoms with E-state index < -0.39 is 6.04 Å². The van der Waals surface area contributed by atoms with E-state index in [0.29, 0.717) is 0 Å². The molecule has 0 radical (unpaired) electrons. The molecule has 2 aromatic rings. The van der Waals surface area contributed by atoms with Gasteiger partial charge in [0.15, 0.2) is 0 Å². The minimum atomic E-state index is -0.430. The van der Waals surface area contributed by atoms with E-state index in [0.717, 1.165) is 26.9 Å². The van der Waals surface area contributed by atoms with Gasteiger partial charge in [0.2, 0.25) is 11.8 Å². The summed E-state index contributed by atoms with van der Waals surface area (Å²) in [5.74, 6) is -0.461. The third kappa shape index (κ3) is 5.91. The fourth-order valence-electron chi connectivity index (χ4n) is 2.88. The fourth-order valence-corrected chi connectivity index (χ4v) is 3.51. The van der Waals surface area contributed by atoms with Crippen LogP contribution in [0.5, 0.6) is 0 Å². The first kappa shape index (κ1) is 21.1. The van der Waals surface area contributed by atoms with E-state index in [-0.39, 0.29) is 24.4 Å². The Morgan fingerprint density at radius 2 is 1.63 bits per heavy atom. The summed E-state index contributed by atoms with van der Waals surface area (Å²) in [6, 6.07) is 13.3. The van der Waals surface area contributed by atoms with Gasteiger partial charge in [-0.05, 0) is 50.5 Å². The molecule has 144 valence electrons. The maximum absolute atomic E-state index is 12.3. The van der Waals surface area contributed by atoms with Crippen molar-refractivity contribution in [3.63, 3.8) is 0 Å². The van der Waals surface area contributed by atoms with Crippen LogP contribution in [0.3, 0.4) is 0 Å². The molecule has 0 aromatic heterocycles. The molecule has 6 heteroatoms. The highest BCUT2D eigenvalue weighted by molar-refractivity contribution is 9.10. The first-order valence-corrected chi connectivity index (χ1v) is 9.73. The lowest BCUT2D eigenvalue weighted by molar-refractivity contribution is -0.125. The van der Waals surface area contributed by atoms with Crippen LogP contribution in [-0.2, 0) is 9.59 Å². The van der Waals surface area contributed by atoms with Crippen molar-refractivity contribution >= 4 is 33.4 Å². The van der Waals surface area contributed by atoms with Crippen molar-refractivity contribution < 1.29 is 9.59 Å². The number of anilines is 1. The van der Waals surface area contributed by atoms with E-state index in [1.165, 1.54) is 0 Å². The van der Waals surface area contributed by atoms with Crippen LogP contribution in [0, 0.1) is 13.8 Å². The maximum Gasteiger partial charge on any atom is 0.243 e. The smallest absolute Gasteiger partial charge is 0.243 e. The summed E-state index contributed by atoms with van der Waals surface area (Å²) in [5, 5.41) is 8.81. The van der Waals surface area contributed by atoms with Crippen molar-refractivity contribution in [2.75, 3.05) is 11.9 Å². The summed E-state index contributed by atoms with van der Waals surface area (Å²) >= 11 is 3.52. The minimum absolute atomic E-state index is 0.00947. The van der Waals surface area contributed by atoms with Crippen LogP contribution in [0.4, 0.5) is 5.69 Å². The molecule has 2 atom stereocenters. The second-order valence-electron chi connectivity index (χ2n) is 6.66. The Hall–Kier alpha value is -2.18. The van der Waals surface area contributed by atoms with Gasteiger partial charge in [0.25, 0.3) is 0 Å². The highest BCUT2D eigenvalue weighted by Gasteiger charge is 2.18. The van der Waals surface area contributed by atoms with Gasteiger partial charge >= 0.3 is 0 Å². The van der Waals surface area contributed by atoms with Crippen LogP contribution >= 0.6 is 15.9 Å². The van der Waals surface area contributed by atoms with Crippen LogP contribution < -0.4 is 16.0 Å². The number of nitrogens with one attached hydrogen (secondary N) is 3. The van der Waals surface area contributed by atoms with Crippen molar-refractivity contribution in [3.05, 3.63) is 63.6 Å². The second kappa shape index (κ2) is 9.67. The van der Waals surface area contributed by atoms with Crippen molar-refractivity contribution in [2.24, 2.45) is 0 Å². The zero-order valence-corrected chi connectivity index (χ0v) is 17.7. The number of para-hydroxylation sites is 1. The molecule has 3 N–H and O–H groups in total. The third-order valence-corrected chi connectivity index (χ3v) is 5.16. The number of aryl methyl sites for hydroxylation is 2. The van der Waals surface area contributed by atoms with Crippen LogP contribution in [-0.4, -0.2) is 24.4 Å². The van der Waals surface area contributed by atoms with Crippen molar-refractivity contribution in [2.45, 2.75) is 39.8 Å². The zero-order valence-electron chi connectivity index (χ0n) is 16.1. The lowest BCUT2D eigenvalue weighted by Crippen LogP contribution is -2.45. The topological polar surface area (TPSA) is 70.2 Å². The van der Waals surface area contributed by atoms with Gasteiger partial charge in [-0.25, -0.2) is 0 Å². The lowest BCUT2D eigenvalue weighted by atomic mass is 10.1. The summed E-state index contributed by atoms with van der Waals surface area (Å²) in [5.41, 5.74) is 3.86. The van der Waals surface area contributed by atoms with Gasteiger partial charge < -0.3 is 10.6 Å². The van der Waals surface area contributed by atoms with Crippen LogP contribution in [0.25, 0.3) is 0 Å². The first-order valence-electron chi connectivity index (χ1n) is 8.94. The maximum atomic E-state index is 12.3. The predicted octanol–water partition coefficient (Wildman–Crippen LogP) is 3.86. The number of carbonyl (C=O) groups is 2. The molecule has 2 aromatic carbocycles. The quantitative estimate of drug-likeness (QED) is 0.623. The van der Waals surface area contributed by atoms with Crippen molar-refractivity contribution in [1.29, 1.82) is 0 Å². The number of halogens is 1. The first-order chi connectivity index (χ1) is 12.8. The highest BCUT2D eigenvalue weighted by Crippen LogP contribution is 2.23. The Morgan fingerprint density at radius 1 is 1.00 bits per heavy atom. The number of rotatable bonds is 7. The summed E-state index contributed by atoms with van der Waals surface area (Å²) in [7, 11) is 0. The summed E-state index contributed by atoms with van der Waals surface area (Å²) < 4.78 is 0.991. The van der Waals surface area contributed by atoms with E-state index >= 15 is 0 Å². The number of hydrogen-bond donors (Lipinski definition) is 3. The monoisotopic (exact) mass is 431 g/mol. The number of amides is 2. The number of benzene rings is 2. The molecule has 0 aliphatic carbocycles. The van der Waals surface area contributed by atoms with Gasteiger partial charge in [-0.1, -0.05) is 52.3 Å². The molecule has 0 aliphatic rings. The molecule has 0 saturated heterocycles. The van der Waals surface area contributed by atoms with Crippen LogP contribution in [0.2, 0.25) is 0 Å². The Kier molecular flexibility index (Phi) is 7.56. The Balaban J connectivity index is 1.86. The Labute approximate surface area is 169 Å². The van der Waals surface area contributed by atoms with E-state index in [1.807, 2.05) is 63.2 Å². The molecule has 0 spiro atoms. The molecule has 2 rings (SSSR count). The van der Waals surface area contributed by atoms with Crippen molar-refractivity contribution in [3.8, 4) is 0 Å². The van der Waals surface area contributed by atoms with E-state index in [9.17, 15) is 9.59 Å². The molecule has 0 bridgehead atoms. The van der Waals surface area contributed by atoms with E-state index in [2.05, 4.69) is 31.9 Å². The third-order valence-electron chi connectivity index (χ3n) is 4.43. The minimum Gasteiger partial charge on any atom is -0.346 e. The SMILES string of the molecule is Cc1cccc(C)c1NC(=O)CNC(=O)[C@H](C)N[C@@H](C)c1ccccc1Br. The molecule has 0 fully saturated rings. The van der Waals surface area contributed by atoms with Gasteiger partial charge in [-0.15, -0.1) is 0 Å². The molecule has 27 heavy (non-hydrogen) atoms. The molecular formula is C21H26BrN3O2. The summed E-state index contributed by atoms with van der Waals surface area (Å²) in [6.45, 7) is 7.60. The second-order valence-corrected chi connectivity index (χ2v) is 7.52. The van der Waals surface area contributed by atoms with Gasteiger partial charge in [0, 0.05) is 16.2 Å². The highest BCUT2D eigenvalue weighted by atomic mass is 79.9. The van der Waals surface area contributed by atoms with Crippen LogP contribution in [0.15, 0.2) is 46.9 Å². The largest absolute Gasteiger partial charge is 0.346 e. The molecule has 2 amide bonds. The summed E-state index contributed by atoms with van der Waals surface area (Å²) in [6.07, 6.45) is 0. The average molecular weight is 432 g/mol. The molecule has 0 unspecified atom stereocenters. The number of carbonyl (C=O) groups excluding carboxylic acids is 2. The van der Waals surface area contributed by atoms with E-state index in [1.54, 1.807) is 6.92 Å². The lowest BCUT2D eigenvalue weighted by Gasteiger charge is -2.21. The molecule has 0 aliphatic heterocycles. The normalized spacial score (nSPS) is 12.9. The Morgan fingerprint density at radius 3 is 2.26 bits per heavy atom. The van der Waals surface area contributed by atoms with Gasteiger partial charge in [-0.2, -0.15) is 0 Å². The van der Waals surface area contributed by atoms with Crippen molar-refractivity contribution in [1.82, 2.24) is 10.6 Å². The predicted molar refractivity (Wildman–Crippen MR) is 113 cm³/mol. The molecule has 0 saturated carbocycles.